The van der Waals surface area contributed by atoms with Crippen molar-refractivity contribution < 1.29 is 14.0 Å². The van der Waals surface area contributed by atoms with Crippen molar-refractivity contribution in [2.24, 2.45) is 0 Å². The molecule has 0 radical (unpaired) electrons. The molecular weight excluding hydrogens is 225 g/mol. The fraction of sp³-hybridized carbons (Fsp3) is 0.273. The van der Waals surface area contributed by atoms with Crippen LogP contribution in [0.1, 0.15) is 12.8 Å². The van der Waals surface area contributed by atoms with Crippen molar-refractivity contribution in [3.8, 4) is 0 Å². The summed E-state index contributed by atoms with van der Waals surface area (Å²) in [4.78, 5) is 22.6. The van der Waals surface area contributed by atoms with Crippen LogP contribution in [0.25, 0.3) is 0 Å². The van der Waals surface area contributed by atoms with Crippen molar-refractivity contribution in [2.75, 3.05) is 11.1 Å². The van der Waals surface area contributed by atoms with Gasteiger partial charge < -0.3 is 16.4 Å². The van der Waals surface area contributed by atoms with Gasteiger partial charge in [0, 0.05) is 12.1 Å². The molecule has 4 N–H and O–H groups in total. The predicted octanol–water partition coefficient (Wildman–Crippen LogP) is 0.625. The second-order valence-electron chi connectivity index (χ2n) is 3.88. The molecule has 90 valence electrons. The molecule has 1 aromatic carbocycles. The van der Waals surface area contributed by atoms with Gasteiger partial charge in [-0.2, -0.15) is 0 Å². The number of hydrogen-bond acceptors (Lipinski definition) is 3. The lowest BCUT2D eigenvalue weighted by Crippen LogP contribution is -2.37. The number of halogens is 1. The first kappa shape index (κ1) is 11.4. The van der Waals surface area contributed by atoms with E-state index in [-0.39, 0.29) is 17.5 Å². The Morgan fingerprint density at radius 2 is 2.29 bits per heavy atom. The lowest BCUT2D eigenvalue weighted by molar-refractivity contribution is -0.122. The van der Waals surface area contributed by atoms with Crippen LogP contribution in [0.4, 0.5) is 15.8 Å². The number of nitrogens with one attached hydrogen (secondary N) is 2. The lowest BCUT2D eigenvalue weighted by Gasteiger charge is -2.11. The maximum absolute atomic E-state index is 12.9. The summed E-state index contributed by atoms with van der Waals surface area (Å²) in [5.74, 6) is -0.984. The standard InChI is InChI=1S/C11H12FN3O2/c12-7-2-1-6(5-8(7)13)14-11(17)9-3-4-10(16)15-9/h1-2,5,9H,3-4,13H2,(H,14,17)(H,15,16). The number of hydrogen-bond donors (Lipinski definition) is 3. The van der Waals surface area contributed by atoms with Gasteiger partial charge in [-0.3, -0.25) is 9.59 Å². The first-order chi connectivity index (χ1) is 8.06. The van der Waals surface area contributed by atoms with E-state index in [4.69, 9.17) is 5.73 Å². The van der Waals surface area contributed by atoms with Crippen LogP contribution < -0.4 is 16.4 Å². The van der Waals surface area contributed by atoms with Gasteiger partial charge in [0.25, 0.3) is 0 Å². The molecule has 0 saturated carbocycles. The molecule has 1 aromatic rings. The molecule has 1 unspecified atom stereocenters. The van der Waals surface area contributed by atoms with Crippen LogP contribution in [0.15, 0.2) is 18.2 Å². The molecule has 1 saturated heterocycles. The van der Waals surface area contributed by atoms with Gasteiger partial charge in [-0.15, -0.1) is 0 Å². The van der Waals surface area contributed by atoms with Gasteiger partial charge >= 0.3 is 0 Å². The smallest absolute Gasteiger partial charge is 0.246 e. The monoisotopic (exact) mass is 237 g/mol. The van der Waals surface area contributed by atoms with E-state index in [1.807, 2.05) is 0 Å². The molecule has 0 aliphatic carbocycles. The molecule has 1 fully saturated rings. The fourth-order valence-electron chi connectivity index (χ4n) is 1.66. The molecule has 1 aliphatic rings. The third-order valence-electron chi connectivity index (χ3n) is 2.58. The van der Waals surface area contributed by atoms with Crippen molar-refractivity contribution in [3.05, 3.63) is 24.0 Å². The summed E-state index contributed by atoms with van der Waals surface area (Å²) in [5.41, 5.74) is 5.76. The van der Waals surface area contributed by atoms with Crippen molar-refractivity contribution in [1.29, 1.82) is 0 Å². The van der Waals surface area contributed by atoms with Crippen molar-refractivity contribution in [2.45, 2.75) is 18.9 Å². The highest BCUT2D eigenvalue weighted by Crippen LogP contribution is 2.17. The molecule has 5 nitrogen and oxygen atoms in total. The molecule has 0 spiro atoms. The number of carbonyl (C=O) groups is 2. The lowest BCUT2D eigenvalue weighted by atomic mass is 10.2. The highest BCUT2D eigenvalue weighted by molar-refractivity contribution is 5.99. The second-order valence-corrected chi connectivity index (χ2v) is 3.88. The van der Waals surface area contributed by atoms with Crippen LogP contribution >= 0.6 is 0 Å². The van der Waals surface area contributed by atoms with Crippen LogP contribution in [0.5, 0.6) is 0 Å². The van der Waals surface area contributed by atoms with Gasteiger partial charge in [0.05, 0.1) is 5.69 Å². The minimum absolute atomic E-state index is 0.0294. The highest BCUT2D eigenvalue weighted by Gasteiger charge is 2.27. The van der Waals surface area contributed by atoms with Crippen molar-refractivity contribution >= 4 is 23.2 Å². The summed E-state index contributed by atoms with van der Waals surface area (Å²) in [6.45, 7) is 0. The van der Waals surface area contributed by atoms with Gasteiger partial charge in [-0.1, -0.05) is 0 Å². The van der Waals surface area contributed by atoms with E-state index in [1.165, 1.54) is 18.2 Å². The van der Waals surface area contributed by atoms with Crippen LogP contribution in [0.2, 0.25) is 0 Å². The quantitative estimate of drug-likeness (QED) is 0.659. The topological polar surface area (TPSA) is 84.2 Å². The number of amides is 2. The summed E-state index contributed by atoms with van der Waals surface area (Å²) >= 11 is 0. The molecule has 1 aliphatic heterocycles. The van der Waals surface area contributed by atoms with E-state index < -0.39 is 11.9 Å². The van der Waals surface area contributed by atoms with Gasteiger partial charge in [-0.25, -0.2) is 4.39 Å². The Bertz CT molecular complexity index is 476. The molecular formula is C11H12FN3O2. The summed E-state index contributed by atoms with van der Waals surface area (Å²) in [5, 5.41) is 5.12. The molecule has 0 bridgehead atoms. The van der Waals surface area contributed by atoms with Crippen LogP contribution in [-0.4, -0.2) is 17.9 Å². The van der Waals surface area contributed by atoms with Crippen LogP contribution in [0.3, 0.4) is 0 Å². The van der Waals surface area contributed by atoms with E-state index in [0.717, 1.165) is 0 Å². The molecule has 1 heterocycles. The summed E-state index contributed by atoms with van der Waals surface area (Å²) < 4.78 is 12.9. The number of nitrogens with two attached hydrogens (primary N) is 1. The summed E-state index contributed by atoms with van der Waals surface area (Å²) in [6, 6.07) is 3.41. The molecule has 1 atom stereocenters. The van der Waals surface area contributed by atoms with Crippen molar-refractivity contribution in [1.82, 2.24) is 5.32 Å². The average molecular weight is 237 g/mol. The zero-order valence-electron chi connectivity index (χ0n) is 9.00. The molecule has 2 rings (SSSR count). The Labute approximate surface area is 97.2 Å². The van der Waals surface area contributed by atoms with E-state index in [0.29, 0.717) is 18.5 Å². The Morgan fingerprint density at radius 3 is 2.88 bits per heavy atom. The number of benzene rings is 1. The number of carbonyl (C=O) groups excluding carboxylic acids is 2. The Morgan fingerprint density at radius 1 is 1.53 bits per heavy atom. The van der Waals surface area contributed by atoms with Gasteiger partial charge in [-0.05, 0) is 24.6 Å². The maximum Gasteiger partial charge on any atom is 0.246 e. The number of rotatable bonds is 2. The van der Waals surface area contributed by atoms with E-state index in [1.54, 1.807) is 0 Å². The minimum Gasteiger partial charge on any atom is -0.396 e. The van der Waals surface area contributed by atoms with Crippen LogP contribution in [0, 0.1) is 5.82 Å². The summed E-state index contributed by atoms with van der Waals surface area (Å²) in [7, 11) is 0. The van der Waals surface area contributed by atoms with Gasteiger partial charge in [0.2, 0.25) is 11.8 Å². The van der Waals surface area contributed by atoms with E-state index in [9.17, 15) is 14.0 Å². The number of nitrogen functional groups attached to an aromatic ring is 1. The normalized spacial score (nSPS) is 18.9. The molecule has 0 aromatic heterocycles. The Hall–Kier alpha value is -2.11. The second kappa shape index (κ2) is 4.40. The van der Waals surface area contributed by atoms with Crippen molar-refractivity contribution in [3.63, 3.8) is 0 Å². The van der Waals surface area contributed by atoms with E-state index >= 15 is 0 Å². The third kappa shape index (κ3) is 2.52. The minimum atomic E-state index is -0.530. The third-order valence-corrected chi connectivity index (χ3v) is 2.58. The zero-order chi connectivity index (χ0) is 12.4. The number of anilines is 2. The maximum atomic E-state index is 12.9. The van der Waals surface area contributed by atoms with Crippen LogP contribution in [-0.2, 0) is 9.59 Å². The predicted molar refractivity (Wildman–Crippen MR) is 60.6 cm³/mol. The fourth-order valence-corrected chi connectivity index (χ4v) is 1.66. The molecule has 6 heteroatoms. The largest absolute Gasteiger partial charge is 0.396 e. The summed E-state index contributed by atoms with van der Waals surface area (Å²) in [6.07, 6.45) is 0.824. The first-order valence-electron chi connectivity index (χ1n) is 5.21. The molecule has 17 heavy (non-hydrogen) atoms. The van der Waals surface area contributed by atoms with Gasteiger partial charge in [0.15, 0.2) is 0 Å². The van der Waals surface area contributed by atoms with E-state index in [2.05, 4.69) is 10.6 Å². The SMILES string of the molecule is Nc1cc(NC(=O)C2CCC(=O)N2)ccc1F. The Kier molecular flexibility index (Phi) is 2.95. The first-order valence-corrected chi connectivity index (χ1v) is 5.21. The Balaban J connectivity index is 2.03. The van der Waals surface area contributed by atoms with Gasteiger partial charge in [0.1, 0.15) is 11.9 Å². The molecule has 2 amide bonds. The zero-order valence-corrected chi connectivity index (χ0v) is 9.00. The highest BCUT2D eigenvalue weighted by atomic mass is 19.1. The average Bonchev–Trinajstić information content (AvgIpc) is 2.70.